The van der Waals surface area contributed by atoms with Crippen LogP contribution in [0, 0.1) is 19.3 Å². The van der Waals surface area contributed by atoms with Gasteiger partial charge in [0, 0.05) is 18.7 Å². The SMILES string of the molecule is Cc1cc(C)c2cc1CNCCCCN(CCO)CC(=O)Sc1cc-2n(O)c(=N)n1. The summed E-state index contributed by atoms with van der Waals surface area (Å²) >= 11 is 0.966. The average Bonchev–Trinajstić information content (AvgIpc) is 2.68. The van der Waals surface area contributed by atoms with E-state index >= 15 is 0 Å². The molecule has 1 aromatic carbocycles. The van der Waals surface area contributed by atoms with E-state index in [0.29, 0.717) is 23.8 Å². The van der Waals surface area contributed by atoms with Crippen molar-refractivity contribution in [2.45, 2.75) is 38.3 Å². The molecule has 9 heteroatoms. The van der Waals surface area contributed by atoms with Gasteiger partial charge in [0.15, 0.2) is 0 Å². The van der Waals surface area contributed by atoms with Gasteiger partial charge in [-0.1, -0.05) is 6.07 Å². The number of carbonyl (C=O) groups excluding carboxylic acids is 1. The molecule has 8 nitrogen and oxygen atoms in total. The molecule has 2 heterocycles. The van der Waals surface area contributed by atoms with Crippen molar-refractivity contribution < 1.29 is 15.1 Å². The zero-order valence-corrected chi connectivity index (χ0v) is 18.3. The number of hydrogen-bond donors (Lipinski definition) is 4. The third-order valence-electron chi connectivity index (χ3n) is 5.24. The monoisotopic (exact) mass is 431 g/mol. The van der Waals surface area contributed by atoms with Crippen molar-refractivity contribution >= 4 is 16.9 Å². The number of aromatic nitrogens is 2. The highest BCUT2D eigenvalue weighted by Gasteiger charge is 2.17. The van der Waals surface area contributed by atoms with Gasteiger partial charge in [-0.15, -0.1) is 4.73 Å². The standard InChI is InChI=1S/C21H29N5O3S/c1-14-9-15(2)17-10-16(14)12-23-5-3-4-6-25(7-8-27)13-20(28)30-19-11-18(17)26(29)21(22)24-19/h9-11,22-23,27,29H,3-8,12-13H2,1-2H3. The lowest BCUT2D eigenvalue weighted by molar-refractivity contribution is -0.112. The first-order chi connectivity index (χ1) is 14.4. The van der Waals surface area contributed by atoms with Crippen molar-refractivity contribution in [2.75, 3.05) is 32.8 Å². The Labute approximate surface area is 180 Å². The maximum atomic E-state index is 12.6. The van der Waals surface area contributed by atoms with Crippen LogP contribution in [-0.2, 0) is 11.3 Å². The number of aliphatic hydroxyl groups excluding tert-OH is 1. The van der Waals surface area contributed by atoms with Crippen LogP contribution in [0.2, 0.25) is 0 Å². The quantitative estimate of drug-likeness (QED) is 0.422. The van der Waals surface area contributed by atoms with E-state index in [-0.39, 0.29) is 23.9 Å². The summed E-state index contributed by atoms with van der Waals surface area (Å²) in [5, 5.41) is 31.5. The van der Waals surface area contributed by atoms with Gasteiger partial charge < -0.3 is 15.6 Å². The van der Waals surface area contributed by atoms with Crippen molar-refractivity contribution in [2.24, 2.45) is 0 Å². The zero-order chi connectivity index (χ0) is 21.7. The van der Waals surface area contributed by atoms with Gasteiger partial charge in [-0.05, 0) is 80.4 Å². The number of β-amino-alcohol motifs (C(OH)–C–C–N with tert-alkyl or cyclic N) is 1. The number of thioether (sulfide) groups is 1. The number of fused-ring (bicyclic) bond motifs is 5. The Balaban J connectivity index is 2.03. The van der Waals surface area contributed by atoms with E-state index in [9.17, 15) is 15.1 Å². The average molecular weight is 432 g/mol. The van der Waals surface area contributed by atoms with Crippen molar-refractivity contribution in [1.82, 2.24) is 19.9 Å². The van der Waals surface area contributed by atoms with Crippen LogP contribution < -0.4 is 10.9 Å². The summed E-state index contributed by atoms with van der Waals surface area (Å²) in [6.07, 6.45) is 1.90. The smallest absolute Gasteiger partial charge is 0.257 e. The summed E-state index contributed by atoms with van der Waals surface area (Å²) in [5.41, 5.74) is 4.17. The number of aliphatic hydroxyl groups is 1. The van der Waals surface area contributed by atoms with Crippen LogP contribution in [0.15, 0.2) is 23.2 Å². The highest BCUT2D eigenvalue weighted by Crippen LogP contribution is 2.28. The molecule has 0 spiro atoms. The second-order valence-electron chi connectivity index (χ2n) is 7.57. The normalized spacial score (nSPS) is 16.6. The van der Waals surface area contributed by atoms with Crippen LogP contribution in [0.1, 0.15) is 29.5 Å². The third kappa shape index (κ3) is 5.48. The zero-order valence-electron chi connectivity index (χ0n) is 17.4. The molecular formula is C21H29N5O3S. The minimum absolute atomic E-state index is 0.00148. The maximum absolute atomic E-state index is 12.6. The molecule has 4 N–H and O–H groups in total. The number of rotatable bonds is 2. The molecule has 162 valence electrons. The fraction of sp³-hybridized carbons (Fsp3) is 0.476. The Bertz CT molecular complexity index is 976. The van der Waals surface area contributed by atoms with E-state index < -0.39 is 0 Å². The van der Waals surface area contributed by atoms with E-state index in [0.717, 1.165) is 64.7 Å². The predicted octanol–water partition coefficient (Wildman–Crippen LogP) is 1.68. The summed E-state index contributed by atoms with van der Waals surface area (Å²) < 4.78 is 0.755. The first-order valence-electron chi connectivity index (χ1n) is 10.1. The molecule has 1 aromatic heterocycles. The number of carbonyl (C=O) groups is 1. The largest absolute Gasteiger partial charge is 0.425 e. The lowest BCUT2D eigenvalue weighted by Gasteiger charge is -2.20. The van der Waals surface area contributed by atoms with E-state index in [1.54, 1.807) is 6.07 Å². The van der Waals surface area contributed by atoms with Gasteiger partial charge in [0.25, 0.3) is 5.62 Å². The number of nitrogens with one attached hydrogen (secondary N) is 2. The lowest BCUT2D eigenvalue weighted by Crippen LogP contribution is -2.33. The second kappa shape index (κ2) is 10.2. The van der Waals surface area contributed by atoms with Gasteiger partial charge in [-0.25, -0.2) is 4.98 Å². The molecule has 0 fully saturated rings. The molecule has 0 radical (unpaired) electrons. The molecule has 1 aliphatic rings. The third-order valence-corrected chi connectivity index (χ3v) is 6.02. The first-order valence-corrected chi connectivity index (χ1v) is 10.9. The molecule has 0 saturated carbocycles. The fourth-order valence-electron chi connectivity index (χ4n) is 3.64. The number of nitrogens with zero attached hydrogens (tertiary/aromatic N) is 3. The Kier molecular flexibility index (Phi) is 7.65. The van der Waals surface area contributed by atoms with Crippen molar-refractivity contribution in [3.8, 4) is 11.3 Å². The van der Waals surface area contributed by atoms with Gasteiger partial charge in [0.2, 0.25) is 5.12 Å². The summed E-state index contributed by atoms with van der Waals surface area (Å²) in [6, 6.07) is 5.76. The van der Waals surface area contributed by atoms with Crippen LogP contribution in [0.25, 0.3) is 11.3 Å². The van der Waals surface area contributed by atoms with E-state index in [2.05, 4.69) is 23.3 Å². The Hall–Kier alpha value is -2.20. The van der Waals surface area contributed by atoms with Crippen LogP contribution in [0.3, 0.4) is 0 Å². The fourth-order valence-corrected chi connectivity index (χ4v) is 4.42. The van der Waals surface area contributed by atoms with Gasteiger partial charge >= 0.3 is 0 Å². The van der Waals surface area contributed by atoms with Crippen molar-refractivity contribution in [1.29, 1.82) is 5.41 Å². The second-order valence-corrected chi connectivity index (χ2v) is 8.64. The summed E-state index contributed by atoms with van der Waals surface area (Å²) in [5.74, 6) is 0. The molecule has 2 aromatic rings. The topological polar surface area (TPSA) is 114 Å². The molecular weight excluding hydrogens is 402 g/mol. The van der Waals surface area contributed by atoms with Crippen LogP contribution in [0.4, 0.5) is 0 Å². The number of aryl methyl sites for hydroxylation is 2. The summed E-state index contributed by atoms with van der Waals surface area (Å²) in [4.78, 5) is 18.6. The molecule has 4 bridgehead atoms. The molecule has 0 aliphatic carbocycles. The minimum Gasteiger partial charge on any atom is -0.425 e. The van der Waals surface area contributed by atoms with Crippen molar-refractivity contribution in [3.63, 3.8) is 0 Å². The lowest BCUT2D eigenvalue weighted by atomic mass is 9.97. The summed E-state index contributed by atoms with van der Waals surface area (Å²) in [7, 11) is 0. The van der Waals surface area contributed by atoms with E-state index in [1.165, 1.54) is 0 Å². The van der Waals surface area contributed by atoms with Gasteiger partial charge in [0.1, 0.15) is 5.03 Å². The molecule has 0 atom stereocenters. The maximum Gasteiger partial charge on any atom is 0.257 e. The van der Waals surface area contributed by atoms with Crippen LogP contribution >= 0.6 is 11.8 Å². The predicted molar refractivity (Wildman–Crippen MR) is 116 cm³/mol. The molecule has 1 aliphatic heterocycles. The Morgan fingerprint density at radius 3 is 2.80 bits per heavy atom. The first kappa shape index (κ1) is 22.5. The molecule has 0 saturated heterocycles. The Morgan fingerprint density at radius 2 is 2.03 bits per heavy atom. The van der Waals surface area contributed by atoms with Gasteiger partial charge in [-0.2, -0.15) is 0 Å². The van der Waals surface area contributed by atoms with Gasteiger partial charge in [0.05, 0.1) is 18.8 Å². The van der Waals surface area contributed by atoms with Crippen LogP contribution in [0.5, 0.6) is 0 Å². The summed E-state index contributed by atoms with van der Waals surface area (Å²) in [6.45, 7) is 6.97. The highest BCUT2D eigenvalue weighted by molar-refractivity contribution is 8.13. The van der Waals surface area contributed by atoms with E-state index in [4.69, 9.17) is 5.41 Å². The highest BCUT2D eigenvalue weighted by atomic mass is 32.2. The minimum atomic E-state index is -0.323. The van der Waals surface area contributed by atoms with Crippen LogP contribution in [-0.4, -0.2) is 62.8 Å². The molecule has 30 heavy (non-hydrogen) atoms. The number of hydrogen-bond acceptors (Lipinski definition) is 8. The molecule has 0 amide bonds. The Morgan fingerprint density at radius 1 is 1.23 bits per heavy atom. The van der Waals surface area contributed by atoms with Gasteiger partial charge in [-0.3, -0.25) is 15.1 Å². The van der Waals surface area contributed by atoms with Crippen molar-refractivity contribution in [3.05, 3.63) is 40.5 Å². The number of benzene rings is 1. The molecule has 0 unspecified atom stereocenters. The van der Waals surface area contributed by atoms with E-state index in [1.807, 2.05) is 17.9 Å². The molecule has 3 rings (SSSR count).